The molecule has 0 saturated heterocycles. The van der Waals surface area contributed by atoms with Crippen LogP contribution in [0.15, 0.2) is 0 Å². The summed E-state index contributed by atoms with van der Waals surface area (Å²) < 4.78 is 34.9. The van der Waals surface area contributed by atoms with Crippen LogP contribution in [0.3, 0.4) is 0 Å². The number of halogens is 4. The van der Waals surface area contributed by atoms with Crippen LogP contribution >= 0.6 is 15.9 Å². The molecule has 0 heterocycles. The molecule has 0 bridgehead atoms. The number of hydrogen-bond donors (Lipinski definition) is 0. The lowest BCUT2D eigenvalue weighted by Gasteiger charge is -2.09. The molecule has 11 heavy (non-hydrogen) atoms. The van der Waals surface area contributed by atoms with Crippen LogP contribution in [0.25, 0.3) is 0 Å². The number of hydrogen-bond acceptors (Lipinski definition) is 1. The molecule has 0 saturated carbocycles. The smallest absolute Gasteiger partial charge is 0.288 e. The maximum atomic E-state index is 11.6. The monoisotopic (exact) mass is 232 g/mol. The molecule has 0 N–H and O–H groups in total. The van der Waals surface area contributed by atoms with E-state index < -0.39 is 16.8 Å². The van der Waals surface area contributed by atoms with Crippen molar-refractivity contribution in [3.63, 3.8) is 0 Å². The van der Waals surface area contributed by atoms with Crippen molar-refractivity contribution < 1.29 is 18.0 Å². The van der Waals surface area contributed by atoms with Gasteiger partial charge in [-0.2, -0.15) is 13.2 Å². The van der Waals surface area contributed by atoms with Gasteiger partial charge in [-0.15, -0.1) is 0 Å². The van der Waals surface area contributed by atoms with Crippen LogP contribution in [-0.2, 0) is 4.79 Å². The van der Waals surface area contributed by atoms with E-state index in [0.29, 0.717) is 6.42 Å². The van der Waals surface area contributed by atoms with Gasteiger partial charge in [0.1, 0.15) is 0 Å². The third-order valence-corrected chi connectivity index (χ3v) is 1.98. The van der Waals surface area contributed by atoms with E-state index in [1.165, 1.54) is 0 Å². The average Bonchev–Trinajstić information content (AvgIpc) is 1.85. The fraction of sp³-hybridized carbons (Fsp3) is 0.833. The maximum absolute atomic E-state index is 11.6. The summed E-state index contributed by atoms with van der Waals surface area (Å²) in [4.78, 5) is 9.31. The molecule has 0 aliphatic rings. The molecule has 0 spiro atoms. The molecular weight excluding hydrogens is 225 g/mol. The second kappa shape index (κ2) is 4.09. The number of ketones is 1. The SMILES string of the molecule is CCCC(Br)C(=O)C(F)(F)F. The fourth-order valence-electron chi connectivity index (χ4n) is 0.562. The molecular formula is C6H8BrF3O. The predicted molar refractivity (Wildman–Crippen MR) is 38.7 cm³/mol. The van der Waals surface area contributed by atoms with E-state index in [1.807, 2.05) is 0 Å². The molecule has 0 fully saturated rings. The second-order valence-electron chi connectivity index (χ2n) is 2.12. The van der Waals surface area contributed by atoms with E-state index in [1.54, 1.807) is 6.92 Å². The minimum Gasteiger partial charge on any atom is -0.288 e. The van der Waals surface area contributed by atoms with Crippen molar-refractivity contribution in [3.05, 3.63) is 0 Å². The first kappa shape index (κ1) is 10.9. The van der Waals surface area contributed by atoms with Gasteiger partial charge in [0.25, 0.3) is 0 Å². The van der Waals surface area contributed by atoms with Crippen LogP contribution in [-0.4, -0.2) is 16.8 Å². The van der Waals surface area contributed by atoms with Crippen LogP contribution in [0.2, 0.25) is 0 Å². The molecule has 0 amide bonds. The first-order chi connectivity index (χ1) is 4.89. The van der Waals surface area contributed by atoms with E-state index >= 15 is 0 Å². The average molecular weight is 233 g/mol. The van der Waals surface area contributed by atoms with Crippen molar-refractivity contribution in [2.24, 2.45) is 0 Å². The molecule has 5 heteroatoms. The van der Waals surface area contributed by atoms with E-state index in [9.17, 15) is 18.0 Å². The van der Waals surface area contributed by atoms with Gasteiger partial charge in [0, 0.05) is 0 Å². The summed E-state index contributed by atoms with van der Waals surface area (Å²) in [7, 11) is 0. The van der Waals surface area contributed by atoms with Crippen LogP contribution in [0, 0.1) is 0 Å². The largest absolute Gasteiger partial charge is 0.451 e. The number of Topliss-reactive ketones (excluding diaryl/α,β-unsaturated/α-hetero) is 1. The number of alkyl halides is 4. The lowest BCUT2D eigenvalue weighted by atomic mass is 10.2. The number of carbonyl (C=O) groups is 1. The van der Waals surface area contributed by atoms with Gasteiger partial charge in [-0.3, -0.25) is 4.79 Å². The Labute approximate surface area is 71.1 Å². The van der Waals surface area contributed by atoms with Gasteiger partial charge in [0.2, 0.25) is 5.78 Å². The molecule has 0 aromatic rings. The summed E-state index contributed by atoms with van der Waals surface area (Å²) >= 11 is 2.67. The van der Waals surface area contributed by atoms with Crippen LogP contribution < -0.4 is 0 Å². The molecule has 0 rings (SSSR count). The summed E-state index contributed by atoms with van der Waals surface area (Å²) in [6, 6.07) is 0. The van der Waals surface area contributed by atoms with Crippen LogP contribution in [0.5, 0.6) is 0 Å². The maximum Gasteiger partial charge on any atom is 0.451 e. The fourth-order valence-corrected chi connectivity index (χ4v) is 1.28. The molecule has 0 aromatic carbocycles. The summed E-state index contributed by atoms with van der Waals surface area (Å²) in [5.41, 5.74) is 0. The van der Waals surface area contributed by atoms with Gasteiger partial charge in [0.05, 0.1) is 4.83 Å². The lowest BCUT2D eigenvalue weighted by molar-refractivity contribution is -0.170. The van der Waals surface area contributed by atoms with Crippen LogP contribution in [0.1, 0.15) is 19.8 Å². The van der Waals surface area contributed by atoms with Crippen molar-refractivity contribution >= 4 is 21.7 Å². The van der Waals surface area contributed by atoms with Crippen molar-refractivity contribution in [2.75, 3.05) is 0 Å². The number of rotatable bonds is 3. The van der Waals surface area contributed by atoms with Crippen molar-refractivity contribution in [2.45, 2.75) is 30.8 Å². The Morgan fingerprint density at radius 1 is 1.55 bits per heavy atom. The molecule has 0 aromatic heterocycles. The van der Waals surface area contributed by atoms with Crippen molar-refractivity contribution in [1.82, 2.24) is 0 Å². The lowest BCUT2D eigenvalue weighted by Crippen LogP contribution is -2.30. The Morgan fingerprint density at radius 3 is 2.27 bits per heavy atom. The first-order valence-electron chi connectivity index (χ1n) is 3.14. The second-order valence-corrected chi connectivity index (χ2v) is 3.22. The molecule has 0 aliphatic heterocycles. The molecule has 1 unspecified atom stereocenters. The van der Waals surface area contributed by atoms with E-state index in [-0.39, 0.29) is 6.42 Å². The quantitative estimate of drug-likeness (QED) is 0.685. The Hall–Kier alpha value is -0.0600. The zero-order chi connectivity index (χ0) is 9.07. The highest BCUT2D eigenvalue weighted by Crippen LogP contribution is 2.23. The summed E-state index contributed by atoms with van der Waals surface area (Å²) in [5, 5.41) is 0. The minimum atomic E-state index is -4.71. The molecule has 0 aliphatic carbocycles. The van der Waals surface area contributed by atoms with Crippen molar-refractivity contribution in [1.29, 1.82) is 0 Å². The molecule has 1 atom stereocenters. The third kappa shape index (κ3) is 3.74. The van der Waals surface area contributed by atoms with Gasteiger partial charge in [-0.25, -0.2) is 0 Å². The Kier molecular flexibility index (Phi) is 4.07. The van der Waals surface area contributed by atoms with Gasteiger partial charge in [-0.1, -0.05) is 29.3 Å². The Morgan fingerprint density at radius 2 is 2.00 bits per heavy atom. The topological polar surface area (TPSA) is 17.1 Å². The Bertz CT molecular complexity index is 143. The standard InChI is InChI=1S/C6H8BrF3O/c1-2-3-4(7)5(11)6(8,9)10/h4H,2-3H2,1H3. The van der Waals surface area contributed by atoms with Gasteiger partial charge < -0.3 is 0 Å². The molecule has 0 radical (unpaired) electrons. The highest BCUT2D eigenvalue weighted by molar-refractivity contribution is 9.10. The van der Waals surface area contributed by atoms with Gasteiger partial charge >= 0.3 is 6.18 Å². The highest BCUT2D eigenvalue weighted by atomic mass is 79.9. The van der Waals surface area contributed by atoms with E-state index in [2.05, 4.69) is 15.9 Å². The summed E-state index contributed by atoms with van der Waals surface area (Å²) in [6.45, 7) is 1.72. The highest BCUT2D eigenvalue weighted by Gasteiger charge is 2.41. The first-order valence-corrected chi connectivity index (χ1v) is 4.06. The minimum absolute atomic E-state index is 0.221. The van der Waals surface area contributed by atoms with Gasteiger partial charge in [0.15, 0.2) is 0 Å². The predicted octanol–water partition coefficient (Wildman–Crippen LogP) is 2.68. The van der Waals surface area contributed by atoms with Crippen molar-refractivity contribution in [3.8, 4) is 0 Å². The van der Waals surface area contributed by atoms with E-state index in [4.69, 9.17) is 0 Å². The zero-order valence-corrected chi connectivity index (χ0v) is 7.50. The molecule has 1 nitrogen and oxygen atoms in total. The Balaban J connectivity index is 4.03. The normalized spacial score (nSPS) is 14.6. The summed E-state index contributed by atoms with van der Waals surface area (Å²) in [5.74, 6) is -1.70. The van der Waals surface area contributed by atoms with Gasteiger partial charge in [-0.05, 0) is 6.42 Å². The summed E-state index contributed by atoms with van der Waals surface area (Å²) in [6.07, 6.45) is -3.93. The van der Waals surface area contributed by atoms with E-state index in [0.717, 1.165) is 0 Å². The molecule has 66 valence electrons. The third-order valence-electron chi connectivity index (χ3n) is 1.11. The number of carbonyl (C=O) groups excluding carboxylic acids is 1. The van der Waals surface area contributed by atoms with Crippen LogP contribution in [0.4, 0.5) is 13.2 Å². The zero-order valence-electron chi connectivity index (χ0n) is 5.91.